The van der Waals surface area contributed by atoms with Crippen LogP contribution in [0.25, 0.3) is 0 Å². The zero-order valence-electron chi connectivity index (χ0n) is 91.2. The van der Waals surface area contributed by atoms with Crippen LogP contribution in [-0.2, 0) is 18.9 Å². The summed E-state index contributed by atoms with van der Waals surface area (Å²) in [6.07, 6.45) is 22.1. The summed E-state index contributed by atoms with van der Waals surface area (Å²) >= 11 is 6.71. The molecule has 2 aliphatic carbocycles. The van der Waals surface area contributed by atoms with Gasteiger partial charge in [0.1, 0.15) is 41.0 Å². The van der Waals surface area contributed by atoms with Gasteiger partial charge >= 0.3 is 6.16 Å². The van der Waals surface area contributed by atoms with Crippen molar-refractivity contribution in [1.82, 2.24) is 0 Å². The molecule has 0 heterocycles. The van der Waals surface area contributed by atoms with Gasteiger partial charge in [0.2, 0.25) is 0 Å². The van der Waals surface area contributed by atoms with Gasteiger partial charge in [0.15, 0.2) is 64.9 Å². The minimum Gasteiger partial charge on any atom is -0.508 e. The third kappa shape index (κ3) is 45.7. The molecule has 11 atom stereocenters. The molecule has 9 aromatic carbocycles. The van der Waals surface area contributed by atoms with Crippen LogP contribution in [-0.4, -0.2) is 106 Å². The largest absolute Gasteiger partial charge is 0.514 e. The highest BCUT2D eigenvalue weighted by Gasteiger charge is 2.23. The van der Waals surface area contributed by atoms with E-state index in [9.17, 15) is 25.2 Å². The summed E-state index contributed by atoms with van der Waals surface area (Å²) in [6.45, 7) is 54.5. The summed E-state index contributed by atoms with van der Waals surface area (Å²) in [4.78, 5) is 11.6. The van der Waals surface area contributed by atoms with Gasteiger partial charge in [-0.25, -0.2) is 4.79 Å². The summed E-state index contributed by atoms with van der Waals surface area (Å²) in [7, 11) is 6.49. The minimum absolute atomic E-state index is 0.187. The molecular weight excluding hydrogens is 1900 g/mol. The van der Waals surface area contributed by atoms with Gasteiger partial charge in [-0.1, -0.05) is 235 Å². The van der Waals surface area contributed by atoms with E-state index in [-0.39, 0.29) is 30.4 Å². The molecule has 0 amide bonds. The van der Waals surface area contributed by atoms with Crippen LogP contribution < -0.4 is 42.6 Å². The van der Waals surface area contributed by atoms with Crippen molar-refractivity contribution in [2.75, 3.05) is 54.9 Å². The molecule has 0 bridgehead atoms. The van der Waals surface area contributed by atoms with E-state index < -0.39 is 11.8 Å². The van der Waals surface area contributed by atoms with Crippen LogP contribution in [0.5, 0.6) is 74.7 Å². The number of hydrogen-bond acceptors (Lipinski definition) is 18. The maximum absolute atomic E-state index is 11.6. The first kappa shape index (κ1) is 124. The predicted molar refractivity (Wildman–Crippen MR) is 589 cm³/mol. The van der Waals surface area contributed by atoms with E-state index in [0.717, 1.165) is 119 Å². The molecule has 11 unspecified atom stereocenters. The van der Waals surface area contributed by atoms with Crippen molar-refractivity contribution < 1.29 is 86.8 Å². The van der Waals surface area contributed by atoms with Crippen LogP contribution >= 0.6 is 31.9 Å². The van der Waals surface area contributed by atoms with E-state index in [2.05, 4.69) is 216 Å². The van der Waals surface area contributed by atoms with Crippen molar-refractivity contribution in [2.24, 2.45) is 5.92 Å². The highest BCUT2D eigenvalue weighted by Crippen LogP contribution is 2.40. The predicted octanol–water partition coefficient (Wildman–Crippen LogP) is 35.3. The van der Waals surface area contributed by atoms with Crippen LogP contribution in [0.3, 0.4) is 0 Å². The standard InChI is InChI=1S/C27H38O4.C21H34O3.C15H21BrO3.C15H24O2.2C11H16O2.C11H16O.C10H13BrO/c1-5-20(2)24-13-16-26(27(19-24)28-4)31-21(3)29-17-18-30-25-14-11-23(12-15-25)22-9-7-6-8-10-22;1-5-16(2)19-11-12-20(21(15-19)22-4)24-17(3)23-14-13-18-9-7-6-8-10-18;1-6-10(2)11-7-8-13(12(16)9-11)18-14(17)19-15(3,4)5;1-6-11(3)14-8-9-15(12(4)10-14)17-13(5)16-7-2;2*1-4-8(2)9-5-6-10(12)11(7-9)13-3;1-4-8(2)10-5-6-11(12)9(3)7-10;1-3-7(2)8-4-5-10(12)9(11)6-8/h11-16,19-22H,5-10,17-18H2,1-4H3;11-12,15-18H,5-10,13-14H2,1-4H3;7-10H,6H2,1-5H3;8-11,13H,6-7H2,1-5H3;2*5-8,12H,4H2,1-3H3;5-8,12H,4H2,1-3H3;4-7,12H,3H2,1-2H3. The lowest BCUT2D eigenvalue weighted by Crippen LogP contribution is -2.26. The zero-order chi connectivity index (χ0) is 105. The summed E-state index contributed by atoms with van der Waals surface area (Å²) in [5.41, 5.74) is 13.1. The van der Waals surface area contributed by atoms with Crippen molar-refractivity contribution in [1.29, 1.82) is 0 Å². The Morgan fingerprint density at radius 2 is 0.667 bits per heavy atom. The Bertz CT molecular complexity index is 4840. The molecule has 2 aliphatic rings. The lowest BCUT2D eigenvalue weighted by molar-refractivity contribution is -0.0748. The third-order valence-electron chi connectivity index (χ3n) is 26.7. The average molecular weight is 2080 g/mol. The third-order valence-corrected chi connectivity index (χ3v) is 28.0. The number of methoxy groups -OCH3 is 4. The van der Waals surface area contributed by atoms with Crippen LogP contribution in [0.2, 0.25) is 0 Å². The maximum Gasteiger partial charge on any atom is 0.514 e. The summed E-state index contributed by atoms with van der Waals surface area (Å²) in [5.74, 6) is 13.3. The van der Waals surface area contributed by atoms with Crippen LogP contribution in [0.15, 0.2) is 179 Å². The molecule has 2 saturated carbocycles. The van der Waals surface area contributed by atoms with Crippen molar-refractivity contribution in [3.8, 4) is 74.7 Å². The second-order valence-corrected chi connectivity index (χ2v) is 40.2. The van der Waals surface area contributed by atoms with E-state index in [4.69, 9.17) is 61.6 Å². The first-order chi connectivity index (χ1) is 67.2. The monoisotopic (exact) mass is 2080 g/mol. The number of carbonyl (C=O) groups excluding carboxylic acids is 1. The Hall–Kier alpha value is -9.31. The molecule has 2 fully saturated rings. The van der Waals surface area contributed by atoms with E-state index in [0.29, 0.717) is 102 Å². The molecule has 0 aromatic heterocycles. The van der Waals surface area contributed by atoms with Gasteiger partial charge < -0.3 is 82.0 Å². The summed E-state index contributed by atoms with van der Waals surface area (Å²) in [5, 5.41) is 37.3. The molecular formula is C121H178Br2O18. The molecule has 4 N–H and O–H groups in total. The highest BCUT2D eigenvalue weighted by molar-refractivity contribution is 9.11. The number of halogens is 2. The van der Waals surface area contributed by atoms with Crippen LogP contribution in [0.4, 0.5) is 4.79 Å². The number of ether oxygens (including phenoxy) is 13. The van der Waals surface area contributed by atoms with E-state index in [1.54, 1.807) is 79.5 Å². The molecule has 0 aliphatic heterocycles. The normalized spacial score (nSPS) is 14.7. The van der Waals surface area contributed by atoms with Crippen molar-refractivity contribution in [2.45, 2.75) is 373 Å². The van der Waals surface area contributed by atoms with Crippen molar-refractivity contribution >= 4 is 38.0 Å². The molecule has 20 heteroatoms. The molecule has 141 heavy (non-hydrogen) atoms. The van der Waals surface area contributed by atoms with E-state index in [1.165, 1.54) is 120 Å². The first-order valence-electron chi connectivity index (χ1n) is 52.0. The minimum atomic E-state index is -0.690. The Morgan fingerprint density at radius 3 is 1.04 bits per heavy atom. The molecule has 18 nitrogen and oxygen atoms in total. The number of carbonyl (C=O) groups is 1. The fourth-order valence-corrected chi connectivity index (χ4v) is 16.5. The quantitative estimate of drug-likeness (QED) is 0.0122. The Kier molecular flexibility index (Phi) is 59.2. The van der Waals surface area contributed by atoms with E-state index in [1.807, 2.05) is 107 Å². The Balaban J connectivity index is 0.000000344. The number of aromatic hydroxyl groups is 4. The van der Waals surface area contributed by atoms with Gasteiger partial charge in [-0.2, -0.15) is 0 Å². The van der Waals surface area contributed by atoms with Crippen LogP contribution in [0, 0.1) is 19.8 Å². The van der Waals surface area contributed by atoms with Gasteiger partial charge in [-0.05, 0) is 382 Å². The van der Waals surface area contributed by atoms with Gasteiger partial charge in [-0.15, -0.1) is 0 Å². The molecule has 11 rings (SSSR count). The molecule has 784 valence electrons. The molecule has 0 radical (unpaired) electrons. The highest BCUT2D eigenvalue weighted by atomic mass is 79.9. The zero-order valence-corrected chi connectivity index (χ0v) is 94.4. The lowest BCUT2D eigenvalue weighted by atomic mass is 9.84. The maximum atomic E-state index is 11.6. The molecule has 0 saturated heterocycles. The van der Waals surface area contributed by atoms with Gasteiger partial charge in [0.25, 0.3) is 0 Å². The van der Waals surface area contributed by atoms with Gasteiger partial charge in [0, 0.05) is 6.61 Å². The number of phenols is 4. The second kappa shape index (κ2) is 67.3. The second-order valence-electron chi connectivity index (χ2n) is 38.5. The van der Waals surface area contributed by atoms with Gasteiger partial charge in [0.05, 0.1) is 50.6 Å². The first-order valence-corrected chi connectivity index (χ1v) is 53.6. The number of aryl methyl sites for hydroxylation is 2. The fourth-order valence-electron chi connectivity index (χ4n) is 15.7. The molecule has 0 spiro atoms. The fraction of sp³-hybridized carbons (Fsp3) is 0.545. The topological polar surface area (TPSA) is 218 Å². The van der Waals surface area contributed by atoms with Crippen LogP contribution in [0.1, 0.15) is 396 Å². The number of phenolic OH excluding ortho intramolecular Hbond substituents is 4. The number of benzene rings is 9. The smallest absolute Gasteiger partial charge is 0.508 e. The van der Waals surface area contributed by atoms with Crippen molar-refractivity contribution in [3.63, 3.8) is 0 Å². The summed E-state index contributed by atoms with van der Waals surface area (Å²) in [6, 6.07) is 55.6. The average Bonchev–Trinajstić information content (AvgIpc) is 0.836. The number of hydrogen-bond donors (Lipinski definition) is 4. The van der Waals surface area contributed by atoms with Crippen molar-refractivity contribution in [3.05, 3.63) is 240 Å². The molecule has 9 aromatic rings. The number of rotatable bonds is 39. The lowest BCUT2D eigenvalue weighted by Gasteiger charge is -2.23. The van der Waals surface area contributed by atoms with Gasteiger partial charge in [-0.3, -0.25) is 0 Å². The summed E-state index contributed by atoms with van der Waals surface area (Å²) < 4.78 is 73.4. The Morgan fingerprint density at radius 1 is 0.340 bits per heavy atom. The SMILES string of the molecule is CCC(C)c1ccc(O)c(Br)c1.CCC(C)c1ccc(O)c(C)c1.CCC(C)c1ccc(O)c(OC)c1.CCC(C)c1ccc(O)c(OC)c1.CCC(C)c1ccc(OC(=O)OC(C)(C)C)c(Br)c1.CCC(C)c1ccc(OC(C)OCCC2CCCCC2)c(OC)c1.CCC(C)c1ccc(OC(C)OCCOc2ccc(C3CCCCC3)cc2)c(OC)c1.CCOC(C)Oc1ccc(C(C)CC)cc1C. The van der Waals surface area contributed by atoms with E-state index >= 15 is 0 Å². The Labute approximate surface area is 867 Å².